The van der Waals surface area contributed by atoms with Crippen molar-refractivity contribution in [3.05, 3.63) is 64.1 Å². The molecule has 9 heteroatoms. The molecule has 1 fully saturated rings. The Hall–Kier alpha value is -3.07. The van der Waals surface area contributed by atoms with E-state index in [4.69, 9.17) is 0 Å². The summed E-state index contributed by atoms with van der Waals surface area (Å²) in [5.74, 6) is 1.06. The van der Waals surface area contributed by atoms with E-state index in [1.165, 1.54) is 11.3 Å². The number of H-pyrrole nitrogens is 1. The zero-order valence-electron chi connectivity index (χ0n) is 15.4. The smallest absolute Gasteiger partial charge is 0.264 e. The van der Waals surface area contributed by atoms with E-state index in [0.717, 1.165) is 0 Å². The first-order valence-electron chi connectivity index (χ1n) is 9.06. The number of pyridine rings is 1. The Bertz CT molecular complexity index is 956. The molecule has 1 saturated heterocycles. The molecule has 1 N–H and O–H groups in total. The zero-order valence-corrected chi connectivity index (χ0v) is 16.2. The third-order valence-corrected chi connectivity index (χ3v) is 5.57. The molecule has 0 spiro atoms. The van der Waals surface area contributed by atoms with Gasteiger partial charge in [-0.25, -0.2) is 4.98 Å². The van der Waals surface area contributed by atoms with E-state index in [9.17, 15) is 9.59 Å². The summed E-state index contributed by atoms with van der Waals surface area (Å²) >= 11 is 1.42. The van der Waals surface area contributed by atoms with Crippen LogP contribution < -0.4 is 0 Å². The molecule has 2 amide bonds. The van der Waals surface area contributed by atoms with Gasteiger partial charge in [0.25, 0.3) is 11.8 Å². The highest BCUT2D eigenvalue weighted by molar-refractivity contribution is 7.12. The molecule has 4 rings (SSSR count). The standard InChI is InChI=1S/C19H20N6O2S/c1-13-21-17(23-22-13)15-12-24(19(27)16-4-2-11-28-16)9-3-10-25(15)18(26)14-5-7-20-8-6-14/h2,4-8,11,15H,3,9-10,12H2,1H3,(H,21,22,23). The van der Waals surface area contributed by atoms with E-state index in [1.54, 1.807) is 34.3 Å². The number of rotatable bonds is 3. The predicted molar refractivity (Wildman–Crippen MR) is 104 cm³/mol. The third-order valence-electron chi connectivity index (χ3n) is 4.72. The molecule has 4 heterocycles. The Labute approximate surface area is 166 Å². The van der Waals surface area contributed by atoms with Crippen molar-refractivity contribution in [1.82, 2.24) is 30.0 Å². The van der Waals surface area contributed by atoms with Crippen molar-refractivity contribution in [3.8, 4) is 0 Å². The van der Waals surface area contributed by atoms with Crippen LogP contribution in [-0.2, 0) is 0 Å². The summed E-state index contributed by atoms with van der Waals surface area (Å²) < 4.78 is 0. The van der Waals surface area contributed by atoms with Gasteiger partial charge in [-0.3, -0.25) is 19.7 Å². The topological polar surface area (TPSA) is 95.1 Å². The van der Waals surface area contributed by atoms with Crippen LogP contribution in [0.4, 0.5) is 0 Å². The van der Waals surface area contributed by atoms with E-state index in [2.05, 4.69) is 20.2 Å². The molecular weight excluding hydrogens is 376 g/mol. The van der Waals surface area contributed by atoms with E-state index in [0.29, 0.717) is 48.1 Å². The van der Waals surface area contributed by atoms with Gasteiger partial charge in [0.05, 0.1) is 4.88 Å². The summed E-state index contributed by atoms with van der Waals surface area (Å²) in [6, 6.07) is 6.66. The number of thiophene rings is 1. The molecule has 3 aromatic rings. The maximum atomic E-state index is 13.2. The average Bonchev–Trinajstić information content (AvgIpc) is 3.35. The van der Waals surface area contributed by atoms with Crippen LogP contribution in [0.5, 0.6) is 0 Å². The van der Waals surface area contributed by atoms with E-state index in [1.807, 2.05) is 24.4 Å². The second kappa shape index (κ2) is 7.89. The van der Waals surface area contributed by atoms with Gasteiger partial charge in [-0.1, -0.05) is 6.07 Å². The average molecular weight is 396 g/mol. The van der Waals surface area contributed by atoms with Crippen LogP contribution in [0.2, 0.25) is 0 Å². The molecule has 0 bridgehead atoms. The number of hydrogen-bond donors (Lipinski definition) is 1. The molecular formula is C19H20N6O2S. The predicted octanol–water partition coefficient (Wildman–Crippen LogP) is 2.30. The molecule has 0 saturated carbocycles. The highest BCUT2D eigenvalue weighted by atomic mass is 32.1. The molecule has 28 heavy (non-hydrogen) atoms. The molecule has 1 aliphatic heterocycles. The van der Waals surface area contributed by atoms with Gasteiger partial charge in [-0.2, -0.15) is 5.10 Å². The maximum Gasteiger partial charge on any atom is 0.264 e. The summed E-state index contributed by atoms with van der Waals surface area (Å²) in [5.41, 5.74) is 0.560. The Morgan fingerprint density at radius 1 is 1.18 bits per heavy atom. The van der Waals surface area contributed by atoms with Crippen LogP contribution in [0.3, 0.4) is 0 Å². The minimum absolute atomic E-state index is 0.0227. The summed E-state index contributed by atoms with van der Waals surface area (Å²) in [7, 11) is 0. The van der Waals surface area contributed by atoms with Crippen molar-refractivity contribution < 1.29 is 9.59 Å². The van der Waals surface area contributed by atoms with E-state index >= 15 is 0 Å². The molecule has 0 aliphatic carbocycles. The Balaban J connectivity index is 1.66. The Morgan fingerprint density at radius 2 is 2.00 bits per heavy atom. The summed E-state index contributed by atoms with van der Waals surface area (Å²) in [6.07, 6.45) is 3.89. The largest absolute Gasteiger partial charge is 0.335 e. The van der Waals surface area contributed by atoms with Crippen LogP contribution in [0.1, 0.15) is 44.1 Å². The first kappa shape index (κ1) is 18.3. The minimum atomic E-state index is -0.419. The van der Waals surface area contributed by atoms with Gasteiger partial charge in [-0.05, 0) is 36.9 Å². The first-order chi connectivity index (χ1) is 13.6. The van der Waals surface area contributed by atoms with Gasteiger partial charge in [0.2, 0.25) is 0 Å². The fraction of sp³-hybridized carbons (Fsp3) is 0.316. The minimum Gasteiger partial charge on any atom is -0.335 e. The van der Waals surface area contributed by atoms with Crippen LogP contribution in [0.15, 0.2) is 42.0 Å². The van der Waals surface area contributed by atoms with Gasteiger partial charge < -0.3 is 9.80 Å². The normalized spacial score (nSPS) is 17.4. The molecule has 1 unspecified atom stereocenters. The lowest BCUT2D eigenvalue weighted by Crippen LogP contribution is -2.40. The van der Waals surface area contributed by atoms with E-state index < -0.39 is 6.04 Å². The second-order valence-electron chi connectivity index (χ2n) is 6.61. The Kier molecular flexibility index (Phi) is 5.16. The van der Waals surface area contributed by atoms with Gasteiger partial charge in [0.15, 0.2) is 5.82 Å². The van der Waals surface area contributed by atoms with Crippen molar-refractivity contribution in [2.24, 2.45) is 0 Å². The van der Waals surface area contributed by atoms with Crippen molar-refractivity contribution in [2.45, 2.75) is 19.4 Å². The van der Waals surface area contributed by atoms with Crippen LogP contribution in [0, 0.1) is 6.92 Å². The van der Waals surface area contributed by atoms with Gasteiger partial charge in [0, 0.05) is 37.6 Å². The zero-order chi connectivity index (χ0) is 19.5. The fourth-order valence-electron chi connectivity index (χ4n) is 3.36. The number of nitrogens with zero attached hydrogens (tertiary/aromatic N) is 5. The third kappa shape index (κ3) is 3.65. The number of carbonyl (C=O) groups excluding carboxylic acids is 2. The molecule has 3 aromatic heterocycles. The highest BCUT2D eigenvalue weighted by Gasteiger charge is 2.34. The van der Waals surface area contributed by atoms with Crippen molar-refractivity contribution in [1.29, 1.82) is 0 Å². The molecule has 1 aliphatic rings. The number of nitrogens with one attached hydrogen (secondary N) is 1. The first-order valence-corrected chi connectivity index (χ1v) is 9.94. The number of aromatic nitrogens is 4. The van der Waals surface area contributed by atoms with Crippen LogP contribution in [0.25, 0.3) is 0 Å². The maximum absolute atomic E-state index is 13.2. The highest BCUT2D eigenvalue weighted by Crippen LogP contribution is 2.26. The molecule has 0 aromatic carbocycles. The number of aromatic amines is 1. The lowest BCUT2D eigenvalue weighted by atomic mass is 10.1. The van der Waals surface area contributed by atoms with Gasteiger partial charge in [0.1, 0.15) is 11.9 Å². The quantitative estimate of drug-likeness (QED) is 0.733. The van der Waals surface area contributed by atoms with Crippen LogP contribution >= 0.6 is 11.3 Å². The Morgan fingerprint density at radius 3 is 2.68 bits per heavy atom. The number of carbonyl (C=O) groups is 2. The number of aryl methyl sites for hydroxylation is 1. The molecule has 0 radical (unpaired) electrons. The van der Waals surface area contributed by atoms with Crippen molar-refractivity contribution >= 4 is 23.2 Å². The van der Waals surface area contributed by atoms with Crippen molar-refractivity contribution in [3.63, 3.8) is 0 Å². The SMILES string of the molecule is Cc1nc(C2CN(C(=O)c3cccs3)CCCN2C(=O)c2ccncc2)n[nH]1. The summed E-state index contributed by atoms with van der Waals surface area (Å²) in [4.78, 5) is 38.8. The summed E-state index contributed by atoms with van der Waals surface area (Å²) in [5, 5.41) is 9.02. The van der Waals surface area contributed by atoms with Crippen LogP contribution in [-0.4, -0.2) is 61.4 Å². The lowest BCUT2D eigenvalue weighted by Gasteiger charge is -2.30. The monoisotopic (exact) mass is 396 g/mol. The van der Waals surface area contributed by atoms with E-state index in [-0.39, 0.29) is 11.8 Å². The van der Waals surface area contributed by atoms with Gasteiger partial charge in [-0.15, -0.1) is 11.3 Å². The van der Waals surface area contributed by atoms with Crippen molar-refractivity contribution in [2.75, 3.05) is 19.6 Å². The fourth-order valence-corrected chi connectivity index (χ4v) is 4.05. The lowest BCUT2D eigenvalue weighted by molar-refractivity contribution is 0.0624. The van der Waals surface area contributed by atoms with Gasteiger partial charge >= 0.3 is 0 Å². The molecule has 1 atom stereocenters. The molecule has 8 nitrogen and oxygen atoms in total. The number of amides is 2. The molecule has 144 valence electrons. The second-order valence-corrected chi connectivity index (χ2v) is 7.56. The summed E-state index contributed by atoms with van der Waals surface area (Å²) in [6.45, 7) is 3.27. The number of hydrogen-bond acceptors (Lipinski definition) is 6.